The highest BCUT2D eigenvalue weighted by Gasteiger charge is 2.11. The Kier molecular flexibility index (Phi) is 4.78. The fourth-order valence-corrected chi connectivity index (χ4v) is 2.20. The molecule has 0 saturated heterocycles. The standard InChI is InChI=1S/C17H19F2NO/c1-4-12-9-15(19)11(2)8-17(12)21-10-13-14(18)6-5-7-16(13)20-3/h5-9,20H,4,10H2,1-3H3. The molecule has 112 valence electrons. The van der Waals surface area contributed by atoms with Crippen LogP contribution in [0.1, 0.15) is 23.6 Å². The maximum atomic E-state index is 13.9. The molecule has 0 aliphatic heterocycles. The molecular weight excluding hydrogens is 272 g/mol. The van der Waals surface area contributed by atoms with Crippen LogP contribution >= 0.6 is 0 Å². The van der Waals surface area contributed by atoms with Gasteiger partial charge < -0.3 is 10.1 Å². The zero-order valence-electron chi connectivity index (χ0n) is 12.5. The normalized spacial score (nSPS) is 10.5. The summed E-state index contributed by atoms with van der Waals surface area (Å²) in [6.07, 6.45) is 0.655. The fourth-order valence-electron chi connectivity index (χ4n) is 2.20. The van der Waals surface area contributed by atoms with Crippen molar-refractivity contribution in [3.8, 4) is 5.75 Å². The van der Waals surface area contributed by atoms with Crippen LogP contribution in [0.5, 0.6) is 5.75 Å². The Hall–Kier alpha value is -2.10. The molecule has 4 heteroatoms. The highest BCUT2D eigenvalue weighted by Crippen LogP contribution is 2.26. The van der Waals surface area contributed by atoms with Crippen LogP contribution in [-0.2, 0) is 13.0 Å². The summed E-state index contributed by atoms with van der Waals surface area (Å²) in [5.41, 5.74) is 2.45. The Bertz CT molecular complexity index is 641. The molecule has 2 rings (SSSR count). The van der Waals surface area contributed by atoms with E-state index >= 15 is 0 Å². The van der Waals surface area contributed by atoms with E-state index < -0.39 is 0 Å². The van der Waals surface area contributed by atoms with Gasteiger partial charge in [0.05, 0.1) is 0 Å². The minimum Gasteiger partial charge on any atom is -0.488 e. The molecule has 0 aromatic heterocycles. The third-order valence-corrected chi connectivity index (χ3v) is 3.48. The summed E-state index contributed by atoms with van der Waals surface area (Å²) in [7, 11) is 1.73. The maximum Gasteiger partial charge on any atom is 0.131 e. The van der Waals surface area contributed by atoms with E-state index in [9.17, 15) is 8.78 Å². The number of nitrogens with one attached hydrogen (secondary N) is 1. The minimum atomic E-state index is -0.321. The average Bonchev–Trinajstić information content (AvgIpc) is 2.48. The topological polar surface area (TPSA) is 21.3 Å². The zero-order valence-corrected chi connectivity index (χ0v) is 12.5. The molecule has 0 unspecified atom stereocenters. The van der Waals surface area contributed by atoms with Crippen molar-refractivity contribution in [3.05, 3.63) is 58.7 Å². The molecule has 0 spiro atoms. The molecule has 0 radical (unpaired) electrons. The number of rotatable bonds is 5. The van der Waals surface area contributed by atoms with E-state index in [0.29, 0.717) is 29.0 Å². The van der Waals surface area contributed by atoms with Gasteiger partial charge in [-0.15, -0.1) is 0 Å². The summed E-state index contributed by atoms with van der Waals surface area (Å²) in [6, 6.07) is 7.97. The number of hydrogen-bond donors (Lipinski definition) is 1. The minimum absolute atomic E-state index is 0.0981. The van der Waals surface area contributed by atoms with E-state index in [1.54, 1.807) is 32.2 Å². The molecule has 0 saturated carbocycles. The molecule has 0 aliphatic carbocycles. The van der Waals surface area contributed by atoms with Gasteiger partial charge in [0.2, 0.25) is 0 Å². The number of benzene rings is 2. The van der Waals surface area contributed by atoms with Gasteiger partial charge in [-0.25, -0.2) is 8.78 Å². The molecule has 2 nitrogen and oxygen atoms in total. The lowest BCUT2D eigenvalue weighted by Gasteiger charge is -2.15. The van der Waals surface area contributed by atoms with E-state index in [1.807, 2.05) is 6.92 Å². The summed E-state index contributed by atoms with van der Waals surface area (Å²) >= 11 is 0. The van der Waals surface area contributed by atoms with Crippen LogP contribution in [0, 0.1) is 18.6 Å². The summed E-state index contributed by atoms with van der Waals surface area (Å²) < 4.78 is 33.2. The average molecular weight is 291 g/mol. The first-order chi connectivity index (χ1) is 10.1. The lowest BCUT2D eigenvalue weighted by molar-refractivity contribution is 0.297. The van der Waals surface area contributed by atoms with E-state index in [0.717, 1.165) is 5.56 Å². The van der Waals surface area contributed by atoms with Gasteiger partial charge in [0.25, 0.3) is 0 Å². The van der Waals surface area contributed by atoms with E-state index in [-0.39, 0.29) is 18.2 Å². The van der Waals surface area contributed by atoms with E-state index in [1.165, 1.54) is 12.1 Å². The van der Waals surface area contributed by atoms with Gasteiger partial charge in [0, 0.05) is 18.3 Å². The van der Waals surface area contributed by atoms with E-state index in [4.69, 9.17) is 4.74 Å². The molecule has 21 heavy (non-hydrogen) atoms. The smallest absolute Gasteiger partial charge is 0.131 e. The zero-order chi connectivity index (χ0) is 15.4. The Labute approximate surface area is 123 Å². The second-order valence-corrected chi connectivity index (χ2v) is 4.87. The van der Waals surface area contributed by atoms with Gasteiger partial charge >= 0.3 is 0 Å². The van der Waals surface area contributed by atoms with Crippen LogP contribution < -0.4 is 10.1 Å². The van der Waals surface area contributed by atoms with Crippen LogP contribution in [0.4, 0.5) is 14.5 Å². The molecule has 2 aromatic carbocycles. The van der Waals surface area contributed by atoms with Gasteiger partial charge in [0.1, 0.15) is 24.0 Å². The predicted molar refractivity (Wildman–Crippen MR) is 80.8 cm³/mol. The van der Waals surface area contributed by atoms with Crippen LogP contribution in [0.2, 0.25) is 0 Å². The Morgan fingerprint density at radius 2 is 1.90 bits per heavy atom. The van der Waals surface area contributed by atoms with Gasteiger partial charge in [0.15, 0.2) is 0 Å². The van der Waals surface area contributed by atoms with E-state index in [2.05, 4.69) is 5.32 Å². The summed E-state index contributed by atoms with van der Waals surface area (Å²) in [5.74, 6) is 0.0291. The van der Waals surface area contributed by atoms with Crippen LogP contribution in [0.15, 0.2) is 30.3 Å². The molecule has 0 heterocycles. The van der Waals surface area contributed by atoms with Gasteiger partial charge in [-0.05, 0) is 48.7 Å². The van der Waals surface area contributed by atoms with Crippen molar-refractivity contribution in [1.29, 1.82) is 0 Å². The largest absolute Gasteiger partial charge is 0.488 e. The predicted octanol–water partition coefficient (Wildman–Crippen LogP) is 4.46. The first kappa shape index (κ1) is 15.3. The Morgan fingerprint density at radius 1 is 1.14 bits per heavy atom. The summed E-state index contributed by atoms with van der Waals surface area (Å²) in [5, 5.41) is 2.94. The fraction of sp³-hybridized carbons (Fsp3) is 0.294. The second-order valence-electron chi connectivity index (χ2n) is 4.87. The van der Waals surface area contributed by atoms with Crippen molar-refractivity contribution in [2.45, 2.75) is 26.9 Å². The molecule has 2 aromatic rings. The molecule has 1 N–H and O–H groups in total. The molecule has 0 atom stereocenters. The number of aryl methyl sites for hydroxylation is 2. The first-order valence-electron chi connectivity index (χ1n) is 6.93. The third kappa shape index (κ3) is 3.32. The van der Waals surface area contributed by atoms with Crippen molar-refractivity contribution >= 4 is 5.69 Å². The second kappa shape index (κ2) is 6.57. The van der Waals surface area contributed by atoms with Crippen molar-refractivity contribution in [2.24, 2.45) is 0 Å². The molecule has 0 bridgehead atoms. The Morgan fingerprint density at radius 3 is 2.57 bits per heavy atom. The van der Waals surface area contributed by atoms with Gasteiger partial charge in [-0.1, -0.05) is 13.0 Å². The lowest BCUT2D eigenvalue weighted by Crippen LogP contribution is -2.05. The van der Waals surface area contributed by atoms with Crippen LogP contribution in [-0.4, -0.2) is 7.05 Å². The summed E-state index contributed by atoms with van der Waals surface area (Å²) in [4.78, 5) is 0. The Balaban J connectivity index is 2.26. The number of halogens is 2. The van der Waals surface area contributed by atoms with Crippen molar-refractivity contribution in [3.63, 3.8) is 0 Å². The molecular formula is C17H19F2NO. The lowest BCUT2D eigenvalue weighted by atomic mass is 10.1. The maximum absolute atomic E-state index is 13.9. The highest BCUT2D eigenvalue weighted by atomic mass is 19.1. The van der Waals surface area contributed by atoms with Gasteiger partial charge in [-0.2, -0.15) is 0 Å². The number of hydrogen-bond acceptors (Lipinski definition) is 2. The number of ether oxygens (including phenoxy) is 1. The van der Waals surface area contributed by atoms with Crippen LogP contribution in [0.3, 0.4) is 0 Å². The van der Waals surface area contributed by atoms with Crippen molar-refractivity contribution in [2.75, 3.05) is 12.4 Å². The quantitative estimate of drug-likeness (QED) is 0.878. The monoisotopic (exact) mass is 291 g/mol. The van der Waals surface area contributed by atoms with Crippen molar-refractivity contribution in [1.82, 2.24) is 0 Å². The van der Waals surface area contributed by atoms with Crippen LogP contribution in [0.25, 0.3) is 0 Å². The third-order valence-electron chi connectivity index (χ3n) is 3.48. The molecule has 0 fully saturated rings. The SMILES string of the molecule is CCc1cc(F)c(C)cc1OCc1c(F)cccc1NC. The van der Waals surface area contributed by atoms with Crippen molar-refractivity contribution < 1.29 is 13.5 Å². The first-order valence-corrected chi connectivity index (χ1v) is 6.93. The molecule has 0 amide bonds. The summed E-state index contributed by atoms with van der Waals surface area (Å²) in [6.45, 7) is 3.71. The van der Waals surface area contributed by atoms with Gasteiger partial charge in [-0.3, -0.25) is 0 Å². The highest BCUT2D eigenvalue weighted by molar-refractivity contribution is 5.51. The number of anilines is 1. The molecule has 0 aliphatic rings.